The van der Waals surface area contributed by atoms with Crippen molar-refractivity contribution in [1.82, 2.24) is 19.4 Å². The molecule has 3 heterocycles. The first-order valence-electron chi connectivity index (χ1n) is 13.8. The molecule has 2 aromatic heterocycles. The highest BCUT2D eigenvalue weighted by Gasteiger charge is 2.26. The summed E-state index contributed by atoms with van der Waals surface area (Å²) in [5, 5.41) is 1.52. The number of nitrogens with zero attached hydrogens (tertiary/aromatic N) is 4. The fourth-order valence-electron chi connectivity index (χ4n) is 5.21. The van der Waals surface area contributed by atoms with Crippen LogP contribution in [0.15, 0.2) is 104 Å². The number of nitrogens with one attached hydrogen (secondary N) is 1. The maximum atomic E-state index is 13.1. The Morgan fingerprint density at radius 3 is 2.49 bits per heavy atom. The van der Waals surface area contributed by atoms with Crippen LogP contribution in [-0.2, 0) is 16.7 Å². The molecule has 3 aromatic carbocycles. The van der Waals surface area contributed by atoms with Crippen LogP contribution in [0.1, 0.15) is 15.9 Å². The number of hydrogen-bond acceptors (Lipinski definition) is 8. The number of halogens is 2. The van der Waals surface area contributed by atoms with Gasteiger partial charge in [-0.1, -0.05) is 51.8 Å². The van der Waals surface area contributed by atoms with Crippen LogP contribution in [0.2, 0.25) is 5.02 Å². The van der Waals surface area contributed by atoms with Crippen LogP contribution in [0.4, 0.5) is 5.82 Å². The molecule has 0 atom stereocenters. The Morgan fingerprint density at radius 2 is 1.73 bits per heavy atom. The van der Waals surface area contributed by atoms with Gasteiger partial charge in [-0.3, -0.25) is 24.1 Å². The van der Waals surface area contributed by atoms with E-state index in [1.807, 2.05) is 4.90 Å². The number of piperazine rings is 1. The molecular weight excluding hydrogens is 686 g/mol. The zero-order valence-corrected chi connectivity index (χ0v) is 26.7. The van der Waals surface area contributed by atoms with Gasteiger partial charge in [0.15, 0.2) is 0 Å². The minimum atomic E-state index is -4.14. The molecule has 11 nitrogen and oxygen atoms in total. The molecule has 0 spiro atoms. The molecule has 0 unspecified atom stereocenters. The van der Waals surface area contributed by atoms with Gasteiger partial charge in [-0.15, -0.1) is 0 Å². The second-order valence-corrected chi connectivity index (χ2v) is 13.2. The monoisotopic (exact) mass is 709 g/mol. The normalized spacial score (nSPS) is 13.6. The van der Waals surface area contributed by atoms with Gasteiger partial charge in [0.2, 0.25) is 0 Å². The van der Waals surface area contributed by atoms with Gasteiger partial charge in [0.25, 0.3) is 11.5 Å². The van der Waals surface area contributed by atoms with E-state index in [1.54, 1.807) is 59.6 Å². The third-order valence-electron chi connectivity index (χ3n) is 7.44. The number of hydrogen-bond donors (Lipinski definition) is 1. The summed E-state index contributed by atoms with van der Waals surface area (Å²) in [4.78, 5) is 48.3. The molecule has 1 aliphatic rings. The summed E-state index contributed by atoms with van der Waals surface area (Å²) in [5.74, 6) is 0.306. The van der Waals surface area contributed by atoms with Gasteiger partial charge in [-0.2, -0.15) is 8.42 Å². The fourth-order valence-corrected chi connectivity index (χ4v) is 6.92. The van der Waals surface area contributed by atoms with E-state index in [4.69, 9.17) is 15.8 Å². The Bertz CT molecular complexity index is 2140. The first-order valence-corrected chi connectivity index (χ1v) is 16.4. The molecule has 5 aromatic rings. The number of H-pyrrole nitrogens is 1. The highest BCUT2D eigenvalue weighted by atomic mass is 79.9. The standard InChI is InChI=1S/C31H25BrClN5O6S/c32-22-6-9-26(33)25(16-22)30(40)37-14-12-36(13-15-37)29-17-28(39)35-31(41)38(29)19-20-4-7-23(8-5-20)44-45(42,43)27-3-1-2-21-18-34-11-10-24(21)27/h1-11,16-18H,12-15,19H2,(H,35,39,41). The summed E-state index contributed by atoms with van der Waals surface area (Å²) in [6, 6.07) is 19.2. The summed E-state index contributed by atoms with van der Waals surface area (Å²) >= 11 is 9.64. The van der Waals surface area contributed by atoms with Crippen molar-refractivity contribution in [2.24, 2.45) is 0 Å². The lowest BCUT2D eigenvalue weighted by Gasteiger charge is -2.37. The SMILES string of the molecule is O=C(c1cc(Br)ccc1Cl)N1CCN(c2cc(=O)[nH]c(=O)n2Cc2ccc(OS(=O)(=O)c3cccc4cnccc34)cc2)CC1. The van der Waals surface area contributed by atoms with Crippen LogP contribution in [0.25, 0.3) is 10.8 Å². The van der Waals surface area contributed by atoms with Crippen molar-refractivity contribution in [2.75, 3.05) is 31.1 Å². The largest absolute Gasteiger partial charge is 0.379 e. The molecule has 0 radical (unpaired) electrons. The quantitative estimate of drug-likeness (QED) is 0.248. The zero-order valence-electron chi connectivity index (χ0n) is 23.5. The number of rotatable bonds is 7. The average Bonchev–Trinajstić information content (AvgIpc) is 3.03. The minimum Gasteiger partial charge on any atom is -0.379 e. The molecule has 1 aliphatic heterocycles. The lowest BCUT2D eigenvalue weighted by atomic mass is 10.1. The van der Waals surface area contributed by atoms with Crippen molar-refractivity contribution in [3.05, 3.63) is 127 Å². The van der Waals surface area contributed by atoms with Gasteiger partial charge in [0.05, 0.1) is 17.1 Å². The second kappa shape index (κ2) is 12.5. The predicted octanol–water partition coefficient (Wildman–Crippen LogP) is 4.28. The predicted molar refractivity (Wildman–Crippen MR) is 174 cm³/mol. The first-order chi connectivity index (χ1) is 21.6. The number of anilines is 1. The van der Waals surface area contributed by atoms with Gasteiger partial charge in [0.1, 0.15) is 16.5 Å². The van der Waals surface area contributed by atoms with E-state index in [2.05, 4.69) is 25.9 Å². The summed E-state index contributed by atoms with van der Waals surface area (Å²) in [5.41, 5.74) is -0.0687. The number of aromatic amines is 1. The van der Waals surface area contributed by atoms with Crippen LogP contribution in [0.5, 0.6) is 5.75 Å². The van der Waals surface area contributed by atoms with E-state index >= 15 is 0 Å². The van der Waals surface area contributed by atoms with Gasteiger partial charge in [-0.05, 0) is 48.0 Å². The topological polar surface area (TPSA) is 135 Å². The molecule has 1 fully saturated rings. The van der Waals surface area contributed by atoms with E-state index in [-0.39, 0.29) is 23.1 Å². The highest BCUT2D eigenvalue weighted by molar-refractivity contribution is 9.10. The highest BCUT2D eigenvalue weighted by Crippen LogP contribution is 2.27. The molecule has 1 saturated heterocycles. The van der Waals surface area contributed by atoms with Crippen LogP contribution < -0.4 is 20.3 Å². The van der Waals surface area contributed by atoms with Gasteiger partial charge >= 0.3 is 15.8 Å². The Balaban J connectivity index is 1.18. The number of benzene rings is 3. The number of aromatic nitrogens is 3. The molecule has 1 amide bonds. The average molecular weight is 711 g/mol. The Labute approximate surface area is 270 Å². The van der Waals surface area contributed by atoms with Crippen molar-refractivity contribution in [3.63, 3.8) is 0 Å². The number of amides is 1. The third-order valence-corrected chi connectivity index (χ3v) is 9.57. The van der Waals surface area contributed by atoms with Crippen molar-refractivity contribution < 1.29 is 17.4 Å². The van der Waals surface area contributed by atoms with E-state index in [0.717, 1.165) is 4.47 Å². The van der Waals surface area contributed by atoms with Crippen molar-refractivity contribution >= 4 is 60.1 Å². The van der Waals surface area contributed by atoms with Crippen molar-refractivity contribution in [3.8, 4) is 5.75 Å². The van der Waals surface area contributed by atoms with E-state index in [0.29, 0.717) is 58.9 Å². The first kappa shape index (κ1) is 30.6. The third kappa shape index (κ3) is 6.51. The summed E-state index contributed by atoms with van der Waals surface area (Å²) < 4.78 is 33.8. The molecular formula is C31H25BrClN5O6S. The van der Waals surface area contributed by atoms with E-state index in [1.165, 1.54) is 35.0 Å². The minimum absolute atomic E-state index is 0.0254. The molecule has 6 rings (SSSR count). The fraction of sp³-hybridized carbons (Fsp3) is 0.161. The molecule has 45 heavy (non-hydrogen) atoms. The van der Waals surface area contributed by atoms with Crippen LogP contribution in [-0.4, -0.2) is 59.9 Å². The van der Waals surface area contributed by atoms with Crippen molar-refractivity contribution in [1.29, 1.82) is 0 Å². The molecule has 1 N–H and O–H groups in total. The molecule has 0 bridgehead atoms. The van der Waals surface area contributed by atoms with Crippen molar-refractivity contribution in [2.45, 2.75) is 11.4 Å². The zero-order chi connectivity index (χ0) is 31.7. The van der Waals surface area contributed by atoms with Gasteiger partial charge in [0, 0.05) is 59.9 Å². The molecule has 0 aliphatic carbocycles. The maximum absolute atomic E-state index is 13.1. The van der Waals surface area contributed by atoms with Crippen LogP contribution in [0, 0.1) is 0 Å². The lowest BCUT2D eigenvalue weighted by molar-refractivity contribution is 0.0746. The Kier molecular flexibility index (Phi) is 8.49. The van der Waals surface area contributed by atoms with Gasteiger partial charge < -0.3 is 14.0 Å². The van der Waals surface area contributed by atoms with E-state index in [9.17, 15) is 22.8 Å². The number of pyridine rings is 1. The van der Waals surface area contributed by atoms with E-state index < -0.39 is 21.4 Å². The Morgan fingerprint density at radius 1 is 0.978 bits per heavy atom. The summed E-state index contributed by atoms with van der Waals surface area (Å²) in [6.45, 7) is 1.58. The van der Waals surface area contributed by atoms with Crippen LogP contribution >= 0.6 is 27.5 Å². The number of fused-ring (bicyclic) bond motifs is 1. The molecule has 14 heteroatoms. The smallest absolute Gasteiger partial charge is 0.339 e. The second-order valence-electron chi connectivity index (χ2n) is 10.3. The Hall–Kier alpha value is -4.46. The van der Waals surface area contributed by atoms with Gasteiger partial charge in [-0.25, -0.2) is 4.79 Å². The molecule has 230 valence electrons. The number of carbonyl (C=O) groups is 1. The maximum Gasteiger partial charge on any atom is 0.339 e. The molecule has 0 saturated carbocycles. The lowest BCUT2D eigenvalue weighted by Crippen LogP contribution is -2.50. The number of carbonyl (C=O) groups excluding carboxylic acids is 1. The summed E-state index contributed by atoms with van der Waals surface area (Å²) in [7, 11) is -4.14. The van der Waals surface area contributed by atoms with Crippen LogP contribution in [0.3, 0.4) is 0 Å². The summed E-state index contributed by atoms with van der Waals surface area (Å²) in [6.07, 6.45) is 3.10.